The predicted molar refractivity (Wildman–Crippen MR) is 73.7 cm³/mol. The molecule has 0 atom stereocenters. The van der Waals surface area contributed by atoms with Gasteiger partial charge in [0.15, 0.2) is 0 Å². The normalized spacial score (nSPS) is 26.2. The third-order valence-corrected chi connectivity index (χ3v) is 4.57. The second-order valence-corrected chi connectivity index (χ2v) is 5.91. The molecule has 0 amide bonds. The zero-order valence-electron chi connectivity index (χ0n) is 11.8. The molecular formula is C16H32. The maximum absolute atomic E-state index is 2.35. The highest BCUT2D eigenvalue weighted by Gasteiger charge is 2.25. The van der Waals surface area contributed by atoms with Crippen LogP contribution < -0.4 is 0 Å². The Morgan fingerprint density at radius 3 is 1.81 bits per heavy atom. The van der Waals surface area contributed by atoms with Crippen LogP contribution in [0.4, 0.5) is 0 Å². The molecule has 0 aliphatic heterocycles. The van der Waals surface area contributed by atoms with Crippen LogP contribution in [0.3, 0.4) is 0 Å². The monoisotopic (exact) mass is 224 g/mol. The molecule has 1 aliphatic carbocycles. The minimum absolute atomic E-state index is 1.05. The Morgan fingerprint density at radius 1 is 0.812 bits per heavy atom. The molecule has 0 aromatic carbocycles. The topological polar surface area (TPSA) is 0 Å². The molecule has 0 nitrogen and oxygen atoms in total. The van der Waals surface area contributed by atoms with Gasteiger partial charge in [-0.3, -0.25) is 0 Å². The van der Waals surface area contributed by atoms with E-state index in [4.69, 9.17) is 0 Å². The number of hydrogen-bond donors (Lipinski definition) is 0. The van der Waals surface area contributed by atoms with Crippen molar-refractivity contribution in [2.75, 3.05) is 0 Å². The summed E-state index contributed by atoms with van der Waals surface area (Å²) in [5.41, 5.74) is 0. The lowest BCUT2D eigenvalue weighted by Crippen LogP contribution is -2.21. The summed E-state index contributed by atoms with van der Waals surface area (Å²) in [5, 5.41) is 0. The molecule has 1 rings (SSSR count). The fourth-order valence-corrected chi connectivity index (χ4v) is 3.71. The van der Waals surface area contributed by atoms with Crippen molar-refractivity contribution in [2.45, 2.75) is 85.0 Å². The highest BCUT2D eigenvalue weighted by atomic mass is 14.3. The fraction of sp³-hybridized carbons (Fsp3) is 1.00. The first-order chi connectivity index (χ1) is 7.81. The van der Waals surface area contributed by atoms with E-state index < -0.39 is 0 Å². The van der Waals surface area contributed by atoms with Crippen LogP contribution in [0.15, 0.2) is 0 Å². The quantitative estimate of drug-likeness (QED) is 0.512. The van der Waals surface area contributed by atoms with Crippen LogP contribution in [0.1, 0.15) is 85.0 Å². The highest BCUT2D eigenvalue weighted by molar-refractivity contribution is 4.77. The Balaban J connectivity index is 2.31. The standard InChI is InChI=1S/C16H32/c1-4-7-14-10-12-16(13-11-14)15(8-5-2)9-6-3/h14-16H,4-13H2,1-3H3. The summed E-state index contributed by atoms with van der Waals surface area (Å²) in [5.74, 6) is 3.20. The Bertz CT molecular complexity index is 147. The second kappa shape index (κ2) is 8.14. The van der Waals surface area contributed by atoms with Gasteiger partial charge >= 0.3 is 0 Å². The van der Waals surface area contributed by atoms with E-state index in [1.807, 2.05) is 0 Å². The van der Waals surface area contributed by atoms with Gasteiger partial charge in [0.2, 0.25) is 0 Å². The predicted octanol–water partition coefficient (Wildman–Crippen LogP) is 5.81. The molecule has 0 radical (unpaired) electrons. The van der Waals surface area contributed by atoms with Crippen molar-refractivity contribution in [3.05, 3.63) is 0 Å². The first-order valence-corrected chi connectivity index (χ1v) is 7.81. The molecule has 0 heteroatoms. The maximum Gasteiger partial charge on any atom is -0.0386 e. The molecule has 16 heavy (non-hydrogen) atoms. The van der Waals surface area contributed by atoms with Gasteiger partial charge < -0.3 is 0 Å². The second-order valence-electron chi connectivity index (χ2n) is 5.91. The lowest BCUT2D eigenvalue weighted by atomic mass is 9.72. The molecule has 0 aromatic heterocycles. The van der Waals surface area contributed by atoms with Gasteiger partial charge in [0.05, 0.1) is 0 Å². The third kappa shape index (κ3) is 4.47. The Hall–Kier alpha value is 0. The van der Waals surface area contributed by atoms with E-state index in [1.54, 1.807) is 0 Å². The molecule has 96 valence electrons. The van der Waals surface area contributed by atoms with E-state index in [0.29, 0.717) is 0 Å². The summed E-state index contributed by atoms with van der Waals surface area (Å²) in [6.45, 7) is 7.04. The van der Waals surface area contributed by atoms with Crippen molar-refractivity contribution < 1.29 is 0 Å². The van der Waals surface area contributed by atoms with Gasteiger partial charge in [0.25, 0.3) is 0 Å². The summed E-state index contributed by atoms with van der Waals surface area (Å²) in [4.78, 5) is 0. The Kier molecular flexibility index (Phi) is 7.16. The minimum atomic E-state index is 1.05. The van der Waals surface area contributed by atoms with Crippen LogP contribution in [0.2, 0.25) is 0 Å². The van der Waals surface area contributed by atoms with Crippen LogP contribution in [-0.4, -0.2) is 0 Å². The van der Waals surface area contributed by atoms with Crippen LogP contribution in [0.5, 0.6) is 0 Å². The molecule has 1 saturated carbocycles. The zero-order chi connectivity index (χ0) is 11.8. The summed E-state index contributed by atoms with van der Waals surface area (Å²) < 4.78 is 0. The van der Waals surface area contributed by atoms with Crippen molar-refractivity contribution in [1.82, 2.24) is 0 Å². The summed E-state index contributed by atoms with van der Waals surface area (Å²) in [6, 6.07) is 0. The average molecular weight is 224 g/mol. The number of rotatable bonds is 7. The van der Waals surface area contributed by atoms with E-state index in [0.717, 1.165) is 17.8 Å². The molecule has 0 heterocycles. The largest absolute Gasteiger partial charge is 0.0654 e. The van der Waals surface area contributed by atoms with Gasteiger partial charge in [-0.1, -0.05) is 72.1 Å². The van der Waals surface area contributed by atoms with E-state index in [1.165, 1.54) is 64.2 Å². The van der Waals surface area contributed by atoms with E-state index in [9.17, 15) is 0 Å². The minimum Gasteiger partial charge on any atom is -0.0654 e. The first kappa shape index (κ1) is 14.1. The average Bonchev–Trinajstić information content (AvgIpc) is 2.30. The summed E-state index contributed by atoms with van der Waals surface area (Å²) in [7, 11) is 0. The van der Waals surface area contributed by atoms with Crippen molar-refractivity contribution >= 4 is 0 Å². The molecular weight excluding hydrogens is 192 g/mol. The van der Waals surface area contributed by atoms with Gasteiger partial charge in [0.1, 0.15) is 0 Å². The van der Waals surface area contributed by atoms with Gasteiger partial charge in [-0.2, -0.15) is 0 Å². The van der Waals surface area contributed by atoms with Crippen LogP contribution >= 0.6 is 0 Å². The van der Waals surface area contributed by atoms with Gasteiger partial charge in [0, 0.05) is 0 Å². The SMILES string of the molecule is CCCC1CCC(C(CCC)CCC)CC1. The lowest BCUT2D eigenvalue weighted by Gasteiger charge is -2.34. The van der Waals surface area contributed by atoms with Gasteiger partial charge in [-0.15, -0.1) is 0 Å². The van der Waals surface area contributed by atoms with E-state index >= 15 is 0 Å². The Morgan fingerprint density at radius 2 is 1.38 bits per heavy atom. The molecule has 0 N–H and O–H groups in total. The Labute approximate surface area is 103 Å². The highest BCUT2D eigenvalue weighted by Crippen LogP contribution is 2.38. The maximum atomic E-state index is 2.35. The van der Waals surface area contributed by atoms with E-state index in [-0.39, 0.29) is 0 Å². The van der Waals surface area contributed by atoms with Crippen molar-refractivity contribution in [3.63, 3.8) is 0 Å². The van der Waals surface area contributed by atoms with Crippen LogP contribution in [0.25, 0.3) is 0 Å². The lowest BCUT2D eigenvalue weighted by molar-refractivity contribution is 0.180. The fourth-order valence-electron chi connectivity index (χ4n) is 3.71. The smallest absolute Gasteiger partial charge is 0.0386 e. The number of hydrogen-bond acceptors (Lipinski definition) is 0. The van der Waals surface area contributed by atoms with Crippen molar-refractivity contribution in [1.29, 1.82) is 0 Å². The van der Waals surface area contributed by atoms with Crippen LogP contribution in [-0.2, 0) is 0 Å². The molecule has 0 spiro atoms. The third-order valence-electron chi connectivity index (χ3n) is 4.57. The summed E-state index contributed by atoms with van der Waals surface area (Å²) in [6.07, 6.45) is 14.8. The first-order valence-electron chi connectivity index (χ1n) is 7.81. The molecule has 0 saturated heterocycles. The van der Waals surface area contributed by atoms with E-state index in [2.05, 4.69) is 20.8 Å². The molecule has 1 aliphatic rings. The zero-order valence-corrected chi connectivity index (χ0v) is 11.8. The van der Waals surface area contributed by atoms with Crippen molar-refractivity contribution in [3.8, 4) is 0 Å². The molecule has 0 unspecified atom stereocenters. The molecule has 1 fully saturated rings. The van der Waals surface area contributed by atoms with Gasteiger partial charge in [-0.25, -0.2) is 0 Å². The molecule has 0 bridgehead atoms. The van der Waals surface area contributed by atoms with Crippen molar-refractivity contribution in [2.24, 2.45) is 17.8 Å². The summed E-state index contributed by atoms with van der Waals surface area (Å²) >= 11 is 0. The van der Waals surface area contributed by atoms with Crippen LogP contribution in [0, 0.1) is 17.8 Å². The molecule has 0 aromatic rings. The van der Waals surface area contributed by atoms with Gasteiger partial charge in [-0.05, 0) is 30.6 Å².